The van der Waals surface area contributed by atoms with Crippen molar-refractivity contribution in [2.45, 2.75) is 25.7 Å². The third-order valence-electron chi connectivity index (χ3n) is 5.38. The van der Waals surface area contributed by atoms with Gasteiger partial charge < -0.3 is 11.5 Å². The molecule has 0 saturated carbocycles. The second kappa shape index (κ2) is 5.77. The van der Waals surface area contributed by atoms with Gasteiger partial charge >= 0.3 is 0 Å². The van der Waals surface area contributed by atoms with Crippen molar-refractivity contribution in [3.63, 3.8) is 0 Å². The lowest BCUT2D eigenvalue weighted by molar-refractivity contribution is -0.104. The van der Waals surface area contributed by atoms with Crippen molar-refractivity contribution in [1.82, 2.24) is 19.4 Å². The number of nitrogens with two attached hydrogens (primary N) is 3. The standard InChI is InChI=1S/C20H19N7/c21-7-14-15(22)5-6-16-18(14)12-3-1-2-4-13(12)19(26-16)11-8-24-20-25-9-17(23)27(20)10-11/h5-10,21H,1-4,22-23H2/p+1. The van der Waals surface area contributed by atoms with Gasteiger partial charge in [0, 0.05) is 29.0 Å². The molecule has 1 aliphatic rings. The molecule has 0 radical (unpaired) electrons. The van der Waals surface area contributed by atoms with Crippen LogP contribution in [0.3, 0.4) is 0 Å². The predicted molar refractivity (Wildman–Crippen MR) is 106 cm³/mol. The van der Waals surface area contributed by atoms with E-state index in [0.717, 1.165) is 53.4 Å². The number of nitrogen functional groups attached to an aromatic ring is 2. The summed E-state index contributed by atoms with van der Waals surface area (Å²) < 4.78 is 1.79. The van der Waals surface area contributed by atoms with Gasteiger partial charge in [0.15, 0.2) is 6.21 Å². The second-order valence-corrected chi connectivity index (χ2v) is 6.95. The number of benzene rings is 1. The number of rotatable bonds is 2. The van der Waals surface area contributed by atoms with Crippen LogP contribution in [-0.4, -0.2) is 25.6 Å². The van der Waals surface area contributed by atoms with Crippen molar-refractivity contribution in [2.24, 2.45) is 0 Å². The summed E-state index contributed by atoms with van der Waals surface area (Å²) in [4.78, 5) is 13.6. The highest BCUT2D eigenvalue weighted by Gasteiger charge is 2.22. The normalized spacial score (nSPS) is 13.8. The molecular formula is C20H20N7+. The lowest BCUT2D eigenvalue weighted by Crippen LogP contribution is -2.30. The number of aromatic nitrogens is 4. The Bertz CT molecular complexity index is 1220. The average Bonchev–Trinajstić information content (AvgIpc) is 3.07. The minimum Gasteiger partial charge on any atom is -0.398 e. The summed E-state index contributed by atoms with van der Waals surface area (Å²) in [6.07, 6.45) is 11.2. The molecular weight excluding hydrogens is 338 g/mol. The summed E-state index contributed by atoms with van der Waals surface area (Å²) in [7, 11) is 0. The Kier molecular flexibility index (Phi) is 3.36. The molecule has 0 spiro atoms. The highest BCUT2D eigenvalue weighted by molar-refractivity contribution is 6.04. The molecule has 3 aromatic heterocycles. The average molecular weight is 358 g/mol. The molecule has 0 fully saturated rings. The molecule has 5 rings (SSSR count). The number of hydrogen-bond acceptors (Lipinski definition) is 5. The van der Waals surface area contributed by atoms with Crippen LogP contribution in [0.15, 0.2) is 30.7 Å². The molecule has 7 nitrogen and oxygen atoms in total. The Balaban J connectivity index is 1.85. The Hall–Kier alpha value is -3.48. The first-order valence-electron chi connectivity index (χ1n) is 9.05. The molecule has 1 aromatic carbocycles. The monoisotopic (exact) mass is 358 g/mol. The van der Waals surface area contributed by atoms with E-state index in [1.807, 2.05) is 24.5 Å². The molecule has 0 bridgehead atoms. The van der Waals surface area contributed by atoms with Crippen molar-refractivity contribution in [3.05, 3.63) is 47.4 Å². The summed E-state index contributed by atoms with van der Waals surface area (Å²) in [6.45, 7) is 0. The first kappa shape index (κ1) is 15.7. The SMILES string of the molecule is Nc1ccc2nc(-c3cnc4ncc(N)n4c3)c3c(c2c1C=[NH2+])CCCC3. The fourth-order valence-corrected chi connectivity index (χ4v) is 4.10. The van der Waals surface area contributed by atoms with Crippen molar-refractivity contribution >= 4 is 34.4 Å². The van der Waals surface area contributed by atoms with Crippen LogP contribution in [0, 0.1) is 0 Å². The van der Waals surface area contributed by atoms with E-state index in [0.29, 0.717) is 17.3 Å². The van der Waals surface area contributed by atoms with E-state index in [2.05, 4.69) is 9.97 Å². The quantitative estimate of drug-likeness (QED) is 0.367. The number of anilines is 2. The first-order chi connectivity index (χ1) is 13.2. The molecule has 1 aliphatic carbocycles. The number of aryl methyl sites for hydroxylation is 1. The van der Waals surface area contributed by atoms with Gasteiger partial charge in [-0.1, -0.05) is 0 Å². The Morgan fingerprint density at radius 2 is 1.81 bits per heavy atom. The van der Waals surface area contributed by atoms with E-state index in [1.54, 1.807) is 16.8 Å². The van der Waals surface area contributed by atoms with E-state index < -0.39 is 0 Å². The van der Waals surface area contributed by atoms with Crippen LogP contribution < -0.4 is 16.9 Å². The van der Waals surface area contributed by atoms with Crippen LogP contribution >= 0.6 is 0 Å². The molecule has 0 atom stereocenters. The molecule has 7 heteroatoms. The number of nitrogens with zero attached hydrogens (tertiary/aromatic N) is 4. The van der Waals surface area contributed by atoms with E-state index >= 15 is 0 Å². The maximum Gasteiger partial charge on any atom is 0.235 e. The number of pyridine rings is 1. The maximum atomic E-state index is 6.17. The molecule has 0 amide bonds. The van der Waals surface area contributed by atoms with E-state index in [1.165, 1.54) is 11.1 Å². The van der Waals surface area contributed by atoms with Gasteiger partial charge in [-0.15, -0.1) is 0 Å². The van der Waals surface area contributed by atoms with Gasteiger partial charge in [-0.25, -0.2) is 15.0 Å². The third-order valence-corrected chi connectivity index (χ3v) is 5.38. The molecule has 4 aromatic rings. The van der Waals surface area contributed by atoms with Crippen LogP contribution in [0.25, 0.3) is 27.9 Å². The van der Waals surface area contributed by atoms with Gasteiger partial charge in [0.05, 0.1) is 23.0 Å². The van der Waals surface area contributed by atoms with Crippen molar-refractivity contribution in [1.29, 1.82) is 0 Å². The molecule has 0 unspecified atom stereocenters. The van der Waals surface area contributed by atoms with Crippen LogP contribution in [0.1, 0.15) is 29.5 Å². The van der Waals surface area contributed by atoms with Crippen LogP contribution in [0.5, 0.6) is 0 Å². The summed E-state index contributed by atoms with van der Waals surface area (Å²) >= 11 is 0. The topological polar surface area (TPSA) is 121 Å². The van der Waals surface area contributed by atoms with Crippen molar-refractivity contribution in [3.8, 4) is 11.3 Å². The van der Waals surface area contributed by atoms with Gasteiger partial charge in [0.25, 0.3) is 0 Å². The summed E-state index contributed by atoms with van der Waals surface area (Å²) in [5.74, 6) is 1.14. The molecule has 27 heavy (non-hydrogen) atoms. The summed E-state index contributed by atoms with van der Waals surface area (Å²) in [5, 5.41) is 6.98. The Morgan fingerprint density at radius 3 is 2.63 bits per heavy atom. The number of hydrogen-bond donors (Lipinski definition) is 3. The second-order valence-electron chi connectivity index (χ2n) is 6.95. The van der Waals surface area contributed by atoms with E-state index in [9.17, 15) is 0 Å². The fraction of sp³-hybridized carbons (Fsp3) is 0.200. The van der Waals surface area contributed by atoms with Crippen molar-refractivity contribution in [2.75, 3.05) is 11.5 Å². The van der Waals surface area contributed by atoms with E-state index in [-0.39, 0.29) is 0 Å². The smallest absolute Gasteiger partial charge is 0.235 e. The van der Waals surface area contributed by atoms with Crippen molar-refractivity contribution < 1.29 is 5.41 Å². The minimum atomic E-state index is 0.557. The van der Waals surface area contributed by atoms with Crippen LogP contribution in [-0.2, 0) is 12.8 Å². The zero-order valence-electron chi connectivity index (χ0n) is 14.8. The third kappa shape index (κ3) is 2.28. The largest absolute Gasteiger partial charge is 0.398 e. The fourth-order valence-electron chi connectivity index (χ4n) is 4.10. The van der Waals surface area contributed by atoms with Crippen LogP contribution in [0.2, 0.25) is 0 Å². The predicted octanol–water partition coefficient (Wildman–Crippen LogP) is 1.17. The summed E-state index contributed by atoms with van der Waals surface area (Å²) in [6, 6.07) is 3.83. The zero-order valence-corrected chi connectivity index (χ0v) is 14.8. The lowest BCUT2D eigenvalue weighted by atomic mass is 9.85. The number of fused-ring (bicyclic) bond motifs is 4. The summed E-state index contributed by atoms with van der Waals surface area (Å²) in [5.41, 5.74) is 19.1. The van der Waals surface area contributed by atoms with Gasteiger partial charge in [-0.3, -0.25) is 9.81 Å². The molecule has 134 valence electrons. The maximum absolute atomic E-state index is 6.17. The Morgan fingerprint density at radius 1 is 1.04 bits per heavy atom. The number of imidazole rings is 1. The zero-order chi connectivity index (χ0) is 18.5. The van der Waals surface area contributed by atoms with Gasteiger partial charge in [0.2, 0.25) is 5.78 Å². The highest BCUT2D eigenvalue weighted by atomic mass is 15.1. The molecule has 3 heterocycles. The first-order valence-corrected chi connectivity index (χ1v) is 9.05. The minimum absolute atomic E-state index is 0.557. The van der Waals surface area contributed by atoms with Gasteiger partial charge in [-0.2, -0.15) is 0 Å². The van der Waals surface area contributed by atoms with Gasteiger partial charge in [-0.05, 0) is 48.9 Å². The molecule has 0 saturated heterocycles. The van der Waals surface area contributed by atoms with Gasteiger partial charge in [0.1, 0.15) is 5.82 Å². The van der Waals surface area contributed by atoms with Crippen LogP contribution in [0.4, 0.5) is 11.5 Å². The lowest BCUT2D eigenvalue weighted by Gasteiger charge is -2.22. The molecule has 0 aliphatic heterocycles. The Labute approximate surface area is 155 Å². The highest BCUT2D eigenvalue weighted by Crippen LogP contribution is 2.37. The molecule has 6 N–H and O–H groups in total. The van der Waals surface area contributed by atoms with E-state index in [4.69, 9.17) is 21.9 Å².